The van der Waals surface area contributed by atoms with Gasteiger partial charge in [0.25, 0.3) is 11.8 Å². The summed E-state index contributed by atoms with van der Waals surface area (Å²) >= 11 is 0. The van der Waals surface area contributed by atoms with Crippen molar-refractivity contribution in [1.29, 1.82) is 0 Å². The Morgan fingerprint density at radius 3 is 2.00 bits per heavy atom. The van der Waals surface area contributed by atoms with E-state index >= 15 is 0 Å². The fraction of sp³-hybridized carbons (Fsp3) is 0.333. The number of sulfonamides is 1. The molecule has 1 aliphatic heterocycles. The number of rotatable bonds is 5. The Bertz CT molecular complexity index is 1040. The minimum atomic E-state index is -3.51. The third-order valence-electron chi connectivity index (χ3n) is 4.86. The Kier molecular flexibility index (Phi) is 6.61. The van der Waals surface area contributed by atoms with Gasteiger partial charge >= 0.3 is 0 Å². The molecule has 0 atom stereocenters. The highest BCUT2D eigenvalue weighted by atomic mass is 32.2. The van der Waals surface area contributed by atoms with Crippen LogP contribution in [0.2, 0.25) is 0 Å². The zero-order valence-corrected chi connectivity index (χ0v) is 17.8. The van der Waals surface area contributed by atoms with Crippen LogP contribution < -0.4 is 9.46 Å². The summed E-state index contributed by atoms with van der Waals surface area (Å²) < 4.78 is 30.9. The van der Waals surface area contributed by atoms with Crippen molar-refractivity contribution >= 4 is 27.5 Å². The van der Waals surface area contributed by atoms with Crippen LogP contribution in [-0.2, 0) is 10.0 Å². The number of methoxy groups -OCH3 is 1. The summed E-state index contributed by atoms with van der Waals surface area (Å²) in [6.07, 6.45) is 1.66. The van der Waals surface area contributed by atoms with Gasteiger partial charge in [-0.1, -0.05) is 24.3 Å². The van der Waals surface area contributed by atoms with E-state index in [1.165, 1.54) is 7.11 Å². The van der Waals surface area contributed by atoms with Gasteiger partial charge in [0, 0.05) is 26.2 Å². The first-order valence-corrected chi connectivity index (χ1v) is 11.5. The number of carbonyl (C=O) groups excluding carboxylic acids is 2. The number of para-hydroxylation sites is 2. The predicted molar refractivity (Wildman–Crippen MR) is 114 cm³/mol. The monoisotopic (exact) mass is 431 g/mol. The van der Waals surface area contributed by atoms with Crippen LogP contribution in [0.3, 0.4) is 0 Å². The van der Waals surface area contributed by atoms with E-state index in [0.29, 0.717) is 43.9 Å². The molecule has 0 radical (unpaired) electrons. The molecule has 1 saturated heterocycles. The van der Waals surface area contributed by atoms with Crippen LogP contribution in [0, 0.1) is 0 Å². The summed E-state index contributed by atoms with van der Waals surface area (Å²) in [7, 11) is -1.99. The van der Waals surface area contributed by atoms with Gasteiger partial charge in [-0.3, -0.25) is 14.3 Å². The first-order valence-electron chi connectivity index (χ1n) is 9.58. The quantitative estimate of drug-likeness (QED) is 0.782. The van der Waals surface area contributed by atoms with Gasteiger partial charge in [-0.25, -0.2) is 8.42 Å². The molecule has 1 fully saturated rings. The molecular weight excluding hydrogens is 406 g/mol. The number of hydrogen-bond acceptors (Lipinski definition) is 5. The first-order chi connectivity index (χ1) is 14.3. The third kappa shape index (κ3) is 5.10. The van der Waals surface area contributed by atoms with Crippen LogP contribution in [0.5, 0.6) is 5.75 Å². The lowest BCUT2D eigenvalue weighted by atomic mass is 10.1. The van der Waals surface area contributed by atoms with E-state index < -0.39 is 10.0 Å². The van der Waals surface area contributed by atoms with Crippen molar-refractivity contribution in [2.24, 2.45) is 0 Å². The summed E-state index contributed by atoms with van der Waals surface area (Å²) in [5.41, 5.74) is 1.02. The largest absolute Gasteiger partial charge is 0.496 e. The maximum absolute atomic E-state index is 13.1. The molecule has 2 amide bonds. The number of benzene rings is 2. The molecule has 0 bridgehead atoms. The molecule has 1 heterocycles. The highest BCUT2D eigenvalue weighted by Gasteiger charge is 2.26. The first kappa shape index (κ1) is 21.6. The molecule has 8 nitrogen and oxygen atoms in total. The number of nitrogens with zero attached hydrogens (tertiary/aromatic N) is 2. The second-order valence-electron chi connectivity index (χ2n) is 7.06. The SMILES string of the molecule is COc1ccccc1C(=O)N1CCCN(C(=O)c2ccccc2NS(C)(=O)=O)CC1. The zero-order chi connectivity index (χ0) is 21.7. The molecule has 3 rings (SSSR count). The van der Waals surface area contributed by atoms with Crippen molar-refractivity contribution in [3.05, 3.63) is 59.7 Å². The van der Waals surface area contributed by atoms with Crippen LogP contribution >= 0.6 is 0 Å². The third-order valence-corrected chi connectivity index (χ3v) is 5.45. The maximum Gasteiger partial charge on any atom is 0.257 e. The Hall–Kier alpha value is -3.07. The van der Waals surface area contributed by atoms with Gasteiger partial charge in [-0.2, -0.15) is 0 Å². The Morgan fingerprint density at radius 2 is 1.40 bits per heavy atom. The maximum atomic E-state index is 13.1. The lowest BCUT2D eigenvalue weighted by molar-refractivity contribution is 0.0717. The van der Waals surface area contributed by atoms with Gasteiger partial charge in [0.15, 0.2) is 0 Å². The molecule has 0 saturated carbocycles. The van der Waals surface area contributed by atoms with Gasteiger partial charge in [0.1, 0.15) is 5.75 Å². The van der Waals surface area contributed by atoms with Gasteiger partial charge < -0.3 is 14.5 Å². The van der Waals surface area contributed by atoms with Crippen molar-refractivity contribution in [2.75, 3.05) is 44.3 Å². The summed E-state index contributed by atoms with van der Waals surface area (Å²) in [5, 5.41) is 0. The van der Waals surface area contributed by atoms with Crippen molar-refractivity contribution in [3.63, 3.8) is 0 Å². The number of carbonyl (C=O) groups is 2. The zero-order valence-electron chi connectivity index (χ0n) is 17.0. The highest BCUT2D eigenvalue weighted by molar-refractivity contribution is 7.92. The lowest BCUT2D eigenvalue weighted by Gasteiger charge is -2.23. The average Bonchev–Trinajstić information content (AvgIpc) is 2.98. The molecule has 2 aromatic carbocycles. The van der Waals surface area contributed by atoms with Gasteiger partial charge in [0.2, 0.25) is 10.0 Å². The predicted octanol–water partition coefficient (Wildman–Crippen LogP) is 2.05. The molecule has 0 aromatic heterocycles. The molecule has 160 valence electrons. The second-order valence-corrected chi connectivity index (χ2v) is 8.81. The number of ether oxygens (including phenoxy) is 1. The fourth-order valence-corrected chi connectivity index (χ4v) is 4.02. The molecule has 2 aromatic rings. The number of anilines is 1. The van der Waals surface area contributed by atoms with Crippen molar-refractivity contribution < 1.29 is 22.7 Å². The summed E-state index contributed by atoms with van der Waals surface area (Å²) in [5.74, 6) is 0.106. The summed E-state index contributed by atoms with van der Waals surface area (Å²) in [6.45, 7) is 1.73. The number of amides is 2. The summed E-state index contributed by atoms with van der Waals surface area (Å²) in [6, 6.07) is 13.6. The normalized spacial score (nSPS) is 14.7. The van der Waals surface area contributed by atoms with E-state index in [1.807, 2.05) is 0 Å². The van der Waals surface area contributed by atoms with E-state index in [1.54, 1.807) is 58.3 Å². The minimum absolute atomic E-state index is 0.138. The molecular formula is C21H25N3O5S. The van der Waals surface area contributed by atoms with E-state index in [2.05, 4.69) is 4.72 Å². The molecule has 0 aliphatic carbocycles. The average molecular weight is 432 g/mol. The molecule has 9 heteroatoms. The molecule has 30 heavy (non-hydrogen) atoms. The van der Waals surface area contributed by atoms with Crippen molar-refractivity contribution in [1.82, 2.24) is 9.80 Å². The number of nitrogens with one attached hydrogen (secondary N) is 1. The fourth-order valence-electron chi connectivity index (χ4n) is 3.44. The van der Waals surface area contributed by atoms with Crippen LogP contribution in [-0.4, -0.2) is 69.6 Å². The molecule has 0 unspecified atom stereocenters. The van der Waals surface area contributed by atoms with E-state index in [-0.39, 0.29) is 23.1 Å². The standard InChI is InChI=1S/C21H25N3O5S/c1-29-19-11-6-4-9-17(19)21(26)24-13-7-12-23(14-15-24)20(25)16-8-3-5-10-18(16)22-30(2,27)28/h3-6,8-11,22H,7,12-15H2,1-2H3. The molecule has 0 spiro atoms. The summed E-state index contributed by atoms with van der Waals surface area (Å²) in [4.78, 5) is 29.4. The highest BCUT2D eigenvalue weighted by Crippen LogP contribution is 2.22. The van der Waals surface area contributed by atoms with Crippen molar-refractivity contribution in [3.8, 4) is 5.75 Å². The lowest BCUT2D eigenvalue weighted by Crippen LogP contribution is -2.37. The van der Waals surface area contributed by atoms with E-state index in [9.17, 15) is 18.0 Å². The van der Waals surface area contributed by atoms with E-state index in [4.69, 9.17) is 4.74 Å². The number of hydrogen-bond donors (Lipinski definition) is 1. The Labute approximate surface area is 176 Å². The topological polar surface area (TPSA) is 96.0 Å². The van der Waals surface area contributed by atoms with Crippen LogP contribution in [0.15, 0.2) is 48.5 Å². The van der Waals surface area contributed by atoms with Crippen molar-refractivity contribution in [2.45, 2.75) is 6.42 Å². The molecule has 1 aliphatic rings. The Morgan fingerprint density at radius 1 is 0.867 bits per heavy atom. The molecule has 1 N–H and O–H groups in total. The van der Waals surface area contributed by atoms with E-state index in [0.717, 1.165) is 6.26 Å². The Balaban J connectivity index is 1.74. The van der Waals surface area contributed by atoms with Gasteiger partial charge in [0.05, 0.1) is 30.2 Å². The van der Waals surface area contributed by atoms with Crippen LogP contribution in [0.4, 0.5) is 5.69 Å². The smallest absolute Gasteiger partial charge is 0.257 e. The second kappa shape index (κ2) is 9.17. The van der Waals surface area contributed by atoms with Gasteiger partial charge in [-0.15, -0.1) is 0 Å². The van der Waals surface area contributed by atoms with Crippen LogP contribution in [0.25, 0.3) is 0 Å². The van der Waals surface area contributed by atoms with Crippen LogP contribution in [0.1, 0.15) is 27.1 Å². The van der Waals surface area contributed by atoms with Gasteiger partial charge in [-0.05, 0) is 30.7 Å². The minimum Gasteiger partial charge on any atom is -0.496 e.